The summed E-state index contributed by atoms with van der Waals surface area (Å²) >= 11 is 5.75. The minimum atomic E-state index is -0.946. The fraction of sp³-hybridized carbons (Fsp3) is 0.714. The minimum absolute atomic E-state index is 0.442. The van der Waals surface area contributed by atoms with E-state index in [4.69, 9.17) is 22.4 Å². The zero-order valence-corrected chi connectivity index (χ0v) is 7.12. The van der Waals surface area contributed by atoms with Crippen LogP contribution in [-0.4, -0.2) is 22.4 Å². The van der Waals surface area contributed by atoms with Gasteiger partial charge in [-0.15, -0.1) is 11.6 Å². The number of nitrogens with two attached hydrogens (primary N) is 1. The number of aliphatic carboxylic acids is 1. The molecule has 3 unspecified atom stereocenters. The number of halogens is 1. The second kappa shape index (κ2) is 3.31. The number of carboxylic acid groups (broad SMARTS) is 1. The van der Waals surface area contributed by atoms with Gasteiger partial charge in [-0.25, -0.2) is 0 Å². The highest BCUT2D eigenvalue weighted by Crippen LogP contribution is 2.35. The minimum Gasteiger partial charge on any atom is -0.481 e. The highest BCUT2D eigenvalue weighted by molar-refractivity contribution is 6.23. The van der Waals surface area contributed by atoms with Gasteiger partial charge in [-0.1, -0.05) is 0 Å². The Labute approximate surface area is 74.7 Å². The number of carbonyl (C=O) groups is 2. The molecular weight excluding hydrogens is 182 g/mol. The van der Waals surface area contributed by atoms with E-state index < -0.39 is 29.1 Å². The van der Waals surface area contributed by atoms with Crippen LogP contribution < -0.4 is 5.73 Å². The summed E-state index contributed by atoms with van der Waals surface area (Å²) in [7, 11) is 0. The van der Waals surface area contributed by atoms with Gasteiger partial charge in [-0.3, -0.25) is 9.59 Å². The summed E-state index contributed by atoms with van der Waals surface area (Å²) in [6, 6.07) is 0. The molecule has 1 aliphatic rings. The van der Waals surface area contributed by atoms with Crippen molar-refractivity contribution in [3.63, 3.8) is 0 Å². The summed E-state index contributed by atoms with van der Waals surface area (Å²) in [5, 5.41) is 8.01. The number of primary amides is 1. The molecule has 1 amide bonds. The normalized spacial score (nSPS) is 34.9. The van der Waals surface area contributed by atoms with Crippen molar-refractivity contribution < 1.29 is 14.7 Å². The molecule has 0 spiro atoms. The number of carbonyl (C=O) groups excluding carboxylic acids is 1. The zero-order valence-electron chi connectivity index (χ0n) is 6.37. The average molecular weight is 192 g/mol. The average Bonchev–Trinajstić information content (AvgIpc) is 2.30. The number of alkyl halides is 1. The van der Waals surface area contributed by atoms with Gasteiger partial charge in [0, 0.05) is 0 Å². The van der Waals surface area contributed by atoms with E-state index in [-0.39, 0.29) is 0 Å². The lowest BCUT2D eigenvalue weighted by atomic mass is 10.0. The maximum atomic E-state index is 10.7. The third-order valence-electron chi connectivity index (χ3n) is 2.24. The standard InChI is InChI=1S/C7H10ClNO3/c8-5-3(6(9)10)1-2-4(5)7(11)12/h3-5H,1-2H2,(H2,9,10)(H,11,12). The van der Waals surface area contributed by atoms with E-state index >= 15 is 0 Å². The van der Waals surface area contributed by atoms with Crippen molar-refractivity contribution in [3.8, 4) is 0 Å². The van der Waals surface area contributed by atoms with Crippen LogP contribution in [0.4, 0.5) is 0 Å². The van der Waals surface area contributed by atoms with Crippen molar-refractivity contribution >= 4 is 23.5 Å². The molecule has 0 aromatic heterocycles. The molecule has 0 aromatic rings. The Bertz CT molecular complexity index is 197. The third kappa shape index (κ3) is 1.53. The second-order valence-corrected chi connectivity index (χ2v) is 3.48. The van der Waals surface area contributed by atoms with Crippen molar-refractivity contribution in [3.05, 3.63) is 0 Å². The first kappa shape index (κ1) is 9.32. The number of carboxylic acids is 1. The molecule has 0 saturated heterocycles. The Kier molecular flexibility index (Phi) is 2.57. The largest absolute Gasteiger partial charge is 0.481 e. The van der Waals surface area contributed by atoms with Crippen LogP contribution in [0.15, 0.2) is 0 Å². The SMILES string of the molecule is NC(=O)C1CCC(C(=O)O)C1Cl. The van der Waals surface area contributed by atoms with E-state index in [2.05, 4.69) is 0 Å². The second-order valence-electron chi connectivity index (χ2n) is 2.98. The van der Waals surface area contributed by atoms with Crippen molar-refractivity contribution in [2.75, 3.05) is 0 Å². The van der Waals surface area contributed by atoms with Crippen LogP contribution in [0.2, 0.25) is 0 Å². The molecule has 0 aromatic carbocycles. The molecule has 0 aliphatic heterocycles. The van der Waals surface area contributed by atoms with Gasteiger partial charge in [0.25, 0.3) is 0 Å². The topological polar surface area (TPSA) is 80.4 Å². The Morgan fingerprint density at radius 1 is 1.33 bits per heavy atom. The number of hydrogen-bond acceptors (Lipinski definition) is 2. The van der Waals surface area contributed by atoms with Gasteiger partial charge in [-0.05, 0) is 12.8 Å². The molecule has 4 nitrogen and oxygen atoms in total. The van der Waals surface area contributed by atoms with E-state index in [0.717, 1.165) is 0 Å². The summed E-state index contributed by atoms with van der Waals surface area (Å²) in [6.45, 7) is 0. The van der Waals surface area contributed by atoms with Crippen LogP contribution in [0.25, 0.3) is 0 Å². The fourth-order valence-corrected chi connectivity index (χ4v) is 2.00. The van der Waals surface area contributed by atoms with Gasteiger partial charge in [0.2, 0.25) is 5.91 Å². The first-order valence-corrected chi connectivity index (χ1v) is 4.14. The Hall–Kier alpha value is -0.770. The lowest BCUT2D eigenvalue weighted by molar-refractivity contribution is -0.141. The maximum Gasteiger partial charge on any atom is 0.308 e. The predicted molar refractivity (Wildman–Crippen MR) is 42.7 cm³/mol. The van der Waals surface area contributed by atoms with Gasteiger partial charge in [-0.2, -0.15) is 0 Å². The van der Waals surface area contributed by atoms with Gasteiger partial charge in [0.1, 0.15) is 0 Å². The summed E-state index contributed by atoms with van der Waals surface area (Å²) in [4.78, 5) is 21.3. The number of hydrogen-bond donors (Lipinski definition) is 2. The van der Waals surface area contributed by atoms with Crippen LogP contribution in [-0.2, 0) is 9.59 Å². The van der Waals surface area contributed by atoms with Gasteiger partial charge in [0.05, 0.1) is 17.2 Å². The van der Waals surface area contributed by atoms with Gasteiger partial charge < -0.3 is 10.8 Å². The van der Waals surface area contributed by atoms with Gasteiger partial charge in [0.15, 0.2) is 0 Å². The van der Waals surface area contributed by atoms with E-state index in [9.17, 15) is 9.59 Å². The zero-order chi connectivity index (χ0) is 9.30. The molecule has 3 atom stereocenters. The predicted octanol–water partition coefficient (Wildman–Crippen LogP) is 0.190. The number of amides is 1. The first-order chi connectivity index (χ1) is 5.54. The van der Waals surface area contributed by atoms with Crippen LogP contribution in [0, 0.1) is 11.8 Å². The quantitative estimate of drug-likeness (QED) is 0.612. The van der Waals surface area contributed by atoms with Crippen LogP contribution in [0.5, 0.6) is 0 Å². The molecule has 1 aliphatic carbocycles. The van der Waals surface area contributed by atoms with Crippen molar-refractivity contribution in [2.24, 2.45) is 17.6 Å². The maximum absolute atomic E-state index is 10.7. The molecule has 12 heavy (non-hydrogen) atoms. The lowest BCUT2D eigenvalue weighted by Crippen LogP contribution is -2.31. The molecule has 3 N–H and O–H groups in total. The molecule has 5 heteroatoms. The summed E-state index contributed by atoms with van der Waals surface area (Å²) < 4.78 is 0. The number of rotatable bonds is 2. The third-order valence-corrected chi connectivity index (χ3v) is 2.85. The molecule has 0 bridgehead atoms. The molecule has 68 valence electrons. The van der Waals surface area contributed by atoms with Crippen LogP contribution >= 0.6 is 11.6 Å². The molecule has 0 radical (unpaired) electrons. The van der Waals surface area contributed by atoms with Crippen molar-refractivity contribution in [1.82, 2.24) is 0 Å². The van der Waals surface area contributed by atoms with E-state index in [0.29, 0.717) is 12.8 Å². The van der Waals surface area contributed by atoms with Crippen LogP contribution in [0.3, 0.4) is 0 Å². The molecule has 1 rings (SSSR count). The smallest absolute Gasteiger partial charge is 0.308 e. The highest BCUT2D eigenvalue weighted by Gasteiger charge is 2.41. The van der Waals surface area contributed by atoms with Crippen molar-refractivity contribution in [2.45, 2.75) is 18.2 Å². The summed E-state index contributed by atoms with van der Waals surface area (Å²) in [5.74, 6) is -2.55. The Morgan fingerprint density at radius 2 is 1.83 bits per heavy atom. The Morgan fingerprint density at radius 3 is 2.08 bits per heavy atom. The van der Waals surface area contributed by atoms with Crippen LogP contribution in [0.1, 0.15) is 12.8 Å². The first-order valence-electron chi connectivity index (χ1n) is 3.70. The lowest BCUT2D eigenvalue weighted by Gasteiger charge is -2.11. The van der Waals surface area contributed by atoms with E-state index in [1.807, 2.05) is 0 Å². The highest BCUT2D eigenvalue weighted by atomic mass is 35.5. The molecule has 1 fully saturated rings. The van der Waals surface area contributed by atoms with Crippen molar-refractivity contribution in [1.29, 1.82) is 0 Å². The van der Waals surface area contributed by atoms with Gasteiger partial charge >= 0.3 is 5.97 Å². The molecule has 1 saturated carbocycles. The van der Waals surface area contributed by atoms with E-state index in [1.165, 1.54) is 0 Å². The fourth-order valence-electron chi connectivity index (χ4n) is 1.52. The van der Waals surface area contributed by atoms with E-state index in [1.54, 1.807) is 0 Å². The Balaban J connectivity index is 2.67. The molecule has 0 heterocycles. The summed E-state index contributed by atoms with van der Waals surface area (Å²) in [6.07, 6.45) is 0.928. The monoisotopic (exact) mass is 191 g/mol. The summed E-state index contributed by atoms with van der Waals surface area (Å²) in [5.41, 5.74) is 5.03. The molecular formula is C7H10ClNO3.